The molecule has 2 N–H and O–H groups in total. The predicted molar refractivity (Wildman–Crippen MR) is 192 cm³/mol. The van der Waals surface area contributed by atoms with Crippen LogP contribution in [0.3, 0.4) is 0 Å². The molecule has 21 heteroatoms. The highest BCUT2D eigenvalue weighted by Gasteiger charge is 2.25. The van der Waals surface area contributed by atoms with Crippen molar-refractivity contribution in [2.24, 2.45) is 0 Å². The van der Waals surface area contributed by atoms with Gasteiger partial charge in [-0.25, -0.2) is 4.79 Å². The van der Waals surface area contributed by atoms with Crippen LogP contribution in [-0.4, -0.2) is 150 Å². The molecule has 2 aromatic carbocycles. The van der Waals surface area contributed by atoms with Crippen LogP contribution in [0, 0.1) is 20.2 Å². The van der Waals surface area contributed by atoms with E-state index in [2.05, 4.69) is 10.6 Å². The monoisotopic (exact) mass is 774 g/mol. The maximum atomic E-state index is 13.4. The number of hydrogen-bond acceptors (Lipinski definition) is 17. The average molecular weight is 775 g/mol. The van der Waals surface area contributed by atoms with Crippen LogP contribution in [0.2, 0.25) is 0 Å². The number of urea groups is 1. The number of rotatable bonds is 32. The van der Waals surface area contributed by atoms with Gasteiger partial charge in [0.1, 0.15) is 37.9 Å². The number of anilines is 2. The normalized spacial score (nSPS) is 10.9. The molecule has 0 unspecified atom stereocenters. The van der Waals surface area contributed by atoms with E-state index in [1.165, 1.54) is 40.6 Å². The Bertz CT molecular complexity index is 1300. The second-order valence-corrected chi connectivity index (χ2v) is 10.5. The molecule has 0 saturated heterocycles. The van der Waals surface area contributed by atoms with Crippen molar-refractivity contribution in [2.45, 2.75) is 0 Å². The Balaban J connectivity index is 2.36. The predicted octanol–water partition coefficient (Wildman–Crippen LogP) is 3.31. The van der Waals surface area contributed by atoms with Crippen LogP contribution in [-0.2, 0) is 37.9 Å². The molecule has 21 nitrogen and oxygen atoms in total. The minimum Gasteiger partial charge on any atom is -0.489 e. The molecule has 54 heavy (non-hydrogen) atoms. The molecule has 2 amide bonds. The molecular formula is C33H50N4O17. The largest absolute Gasteiger partial charge is 0.489 e. The van der Waals surface area contributed by atoms with Crippen LogP contribution in [0.15, 0.2) is 24.3 Å². The van der Waals surface area contributed by atoms with E-state index in [1.54, 1.807) is 0 Å². The van der Waals surface area contributed by atoms with E-state index in [0.29, 0.717) is 52.9 Å². The molecule has 0 bridgehead atoms. The van der Waals surface area contributed by atoms with Crippen LogP contribution in [0.4, 0.5) is 27.5 Å². The fourth-order valence-corrected chi connectivity index (χ4v) is 4.15. The Morgan fingerprint density at radius 3 is 1.02 bits per heavy atom. The zero-order valence-corrected chi connectivity index (χ0v) is 31.0. The summed E-state index contributed by atoms with van der Waals surface area (Å²) in [6.45, 7) is 3.05. The molecule has 0 radical (unpaired) electrons. The first-order valence-electron chi connectivity index (χ1n) is 16.8. The molecule has 2 aromatic rings. The molecule has 2 rings (SSSR count). The molecule has 0 aliphatic heterocycles. The Labute approximate surface area is 312 Å². The number of nitrogens with one attached hydrogen (secondary N) is 2. The number of amides is 2. The van der Waals surface area contributed by atoms with Gasteiger partial charge < -0.3 is 67.5 Å². The molecule has 0 aromatic heterocycles. The topological polar surface area (TPSA) is 238 Å². The average Bonchev–Trinajstić information content (AvgIpc) is 3.15. The molecule has 0 fully saturated rings. The highest BCUT2D eigenvalue weighted by Crippen LogP contribution is 2.40. The molecule has 0 spiro atoms. The smallest absolute Gasteiger partial charge is 0.323 e. The lowest BCUT2D eigenvalue weighted by atomic mass is 10.2. The summed E-state index contributed by atoms with van der Waals surface area (Å²) in [6.07, 6.45) is 0. The first-order valence-corrected chi connectivity index (χ1v) is 16.8. The number of carbonyl (C=O) groups is 1. The fourth-order valence-electron chi connectivity index (χ4n) is 4.15. The van der Waals surface area contributed by atoms with E-state index in [4.69, 9.17) is 56.8 Å². The van der Waals surface area contributed by atoms with Crippen LogP contribution in [0.1, 0.15) is 0 Å². The summed E-state index contributed by atoms with van der Waals surface area (Å²) in [6, 6.07) is 3.69. The number of nitrogens with zero attached hydrogens (tertiary/aromatic N) is 2. The van der Waals surface area contributed by atoms with Gasteiger partial charge >= 0.3 is 17.4 Å². The van der Waals surface area contributed by atoms with Crippen molar-refractivity contribution in [1.82, 2.24) is 0 Å². The highest BCUT2D eigenvalue weighted by atomic mass is 16.6. The lowest BCUT2D eigenvalue weighted by Gasteiger charge is -2.17. The van der Waals surface area contributed by atoms with Crippen molar-refractivity contribution in [1.29, 1.82) is 0 Å². The van der Waals surface area contributed by atoms with E-state index < -0.39 is 27.3 Å². The second kappa shape index (κ2) is 27.9. The van der Waals surface area contributed by atoms with Gasteiger partial charge in [-0.3, -0.25) is 20.2 Å². The van der Waals surface area contributed by atoms with E-state index in [0.717, 1.165) is 12.1 Å². The highest BCUT2D eigenvalue weighted by molar-refractivity contribution is 6.02. The fraction of sp³-hybridized carbons (Fsp3) is 0.606. The van der Waals surface area contributed by atoms with E-state index in [9.17, 15) is 25.0 Å². The van der Waals surface area contributed by atoms with Crippen molar-refractivity contribution in [3.8, 4) is 23.0 Å². The van der Waals surface area contributed by atoms with Gasteiger partial charge in [-0.1, -0.05) is 0 Å². The number of nitro groups is 2. The molecule has 0 atom stereocenters. The third kappa shape index (κ3) is 17.9. The zero-order valence-electron chi connectivity index (χ0n) is 31.0. The molecule has 0 aliphatic carbocycles. The lowest BCUT2D eigenvalue weighted by Crippen LogP contribution is -2.21. The van der Waals surface area contributed by atoms with Gasteiger partial charge in [-0.15, -0.1) is 0 Å². The number of methoxy groups -OCH3 is 4. The first kappa shape index (κ1) is 45.5. The Morgan fingerprint density at radius 1 is 0.463 bits per heavy atom. The quantitative estimate of drug-likeness (QED) is 0.0616. The number of hydrogen-bond donors (Lipinski definition) is 2. The summed E-state index contributed by atoms with van der Waals surface area (Å²) < 4.78 is 64.3. The van der Waals surface area contributed by atoms with Gasteiger partial charge in [-0.05, 0) is 0 Å². The van der Waals surface area contributed by atoms with Crippen molar-refractivity contribution in [3.63, 3.8) is 0 Å². The summed E-state index contributed by atoms with van der Waals surface area (Å²) in [5.74, 6) is -0.271. The van der Waals surface area contributed by atoms with E-state index in [-0.39, 0.29) is 87.2 Å². The van der Waals surface area contributed by atoms with Crippen molar-refractivity contribution in [3.05, 3.63) is 44.5 Å². The second-order valence-electron chi connectivity index (χ2n) is 10.5. The van der Waals surface area contributed by atoms with Crippen LogP contribution >= 0.6 is 0 Å². The summed E-state index contributed by atoms with van der Waals surface area (Å²) >= 11 is 0. The Kier molecular flexibility index (Phi) is 23.5. The number of ether oxygens (including phenoxy) is 12. The minimum atomic E-state index is -0.943. The molecular weight excluding hydrogens is 724 g/mol. The minimum absolute atomic E-state index is 0.00703. The lowest BCUT2D eigenvalue weighted by molar-refractivity contribution is -0.386. The Morgan fingerprint density at radius 2 is 0.741 bits per heavy atom. The summed E-state index contributed by atoms with van der Waals surface area (Å²) in [5, 5.41) is 29.1. The van der Waals surface area contributed by atoms with E-state index in [1.807, 2.05) is 0 Å². The van der Waals surface area contributed by atoms with Crippen molar-refractivity contribution in [2.75, 3.05) is 145 Å². The molecule has 304 valence electrons. The summed E-state index contributed by atoms with van der Waals surface area (Å²) in [7, 11) is 6.11. The maximum Gasteiger partial charge on any atom is 0.323 e. The van der Waals surface area contributed by atoms with Gasteiger partial charge in [0.25, 0.3) is 0 Å². The van der Waals surface area contributed by atoms with Crippen LogP contribution < -0.4 is 29.6 Å². The maximum absolute atomic E-state index is 13.4. The number of nitro benzene ring substituents is 2. The van der Waals surface area contributed by atoms with Crippen LogP contribution in [0.5, 0.6) is 23.0 Å². The van der Waals surface area contributed by atoms with Crippen molar-refractivity contribution >= 4 is 28.8 Å². The third-order valence-corrected chi connectivity index (χ3v) is 6.68. The number of carbonyl (C=O) groups excluding carboxylic acids is 1. The van der Waals surface area contributed by atoms with Gasteiger partial charge in [0.2, 0.25) is 11.5 Å². The molecule has 0 saturated carbocycles. The van der Waals surface area contributed by atoms with E-state index >= 15 is 0 Å². The standard InChI is InChI=1S/C33H50N4O17/c1-43-5-9-47-13-17-51-29-23-31(53-19-15-49-11-7-45-3)27(36(39)40)21-25(29)34-33(38)35-26-22-28(37(41)42)32(54-20-16-50-12-8-46-4)24-30(26)52-18-14-48-10-6-44-2/h21-24H,5-20H2,1-4H3,(H2,34,35,38). The summed E-state index contributed by atoms with van der Waals surface area (Å²) in [5.41, 5.74) is -1.19. The zero-order chi connectivity index (χ0) is 39.4. The SMILES string of the molecule is COCCOCCOc1cc(OCCOCCOC)c([N+](=O)[O-])cc1NC(=O)Nc1cc([N+](=O)[O-])c(OCCOCCOC)cc1OCCOCCOC. The van der Waals surface area contributed by atoms with Crippen LogP contribution in [0.25, 0.3) is 0 Å². The van der Waals surface area contributed by atoms with Gasteiger partial charge in [0.15, 0.2) is 0 Å². The van der Waals surface area contributed by atoms with Crippen molar-refractivity contribution < 1.29 is 71.5 Å². The van der Waals surface area contributed by atoms with Gasteiger partial charge in [0, 0.05) is 52.7 Å². The summed E-state index contributed by atoms with van der Waals surface area (Å²) in [4.78, 5) is 36.2. The van der Waals surface area contributed by atoms with Gasteiger partial charge in [0.05, 0.1) is 101 Å². The number of benzene rings is 2. The molecule has 0 aliphatic rings. The first-order chi connectivity index (χ1) is 26.2. The van der Waals surface area contributed by atoms with Gasteiger partial charge in [-0.2, -0.15) is 0 Å². The Hall–Kier alpha value is -4.61. The third-order valence-electron chi connectivity index (χ3n) is 6.68. The molecule has 0 heterocycles.